The summed E-state index contributed by atoms with van der Waals surface area (Å²) in [5.74, 6) is -2.28. The molecule has 1 rings (SSSR count). The Kier molecular flexibility index (Phi) is 7.03. The molecule has 6 heteroatoms. The third-order valence-electron chi connectivity index (χ3n) is 3.05. The summed E-state index contributed by atoms with van der Waals surface area (Å²) < 4.78 is 8.83. The number of carbonyl (C=O) groups excluding carboxylic acids is 4. The van der Waals surface area contributed by atoms with Crippen molar-refractivity contribution in [3.63, 3.8) is 0 Å². The fraction of sp³-hybridized carbons (Fsp3) is 0.111. The molecule has 0 bridgehead atoms. The van der Waals surface area contributed by atoms with Crippen LogP contribution in [0.3, 0.4) is 0 Å². The highest BCUT2D eigenvalue weighted by atomic mass is 16.6. The number of esters is 3. The zero-order valence-corrected chi connectivity index (χ0v) is 13.1. The van der Waals surface area contributed by atoms with Crippen LogP contribution in [-0.2, 0) is 28.7 Å². The minimum Gasteiger partial charge on any atom is -0.392 e. The summed E-state index contributed by atoms with van der Waals surface area (Å²) in [4.78, 5) is 45.0. The Balaban J connectivity index is 2.97. The SMILES string of the molecule is C=C/C=C1/C(=O)OC(=O)/C1=C/C/C=C\C(C(=O)OC=O)=C(\C)C=C. The second-order valence-electron chi connectivity index (χ2n) is 4.55. The smallest absolute Gasteiger partial charge is 0.346 e. The molecule has 0 aromatic rings. The molecule has 0 N–H and O–H groups in total. The third-order valence-corrected chi connectivity index (χ3v) is 3.05. The Bertz CT molecular complexity index is 716. The van der Waals surface area contributed by atoms with Gasteiger partial charge in [0.1, 0.15) is 0 Å². The maximum atomic E-state index is 11.7. The first-order chi connectivity index (χ1) is 11.5. The number of allylic oxidation sites excluding steroid dienone is 6. The molecule has 0 unspecified atom stereocenters. The summed E-state index contributed by atoms with van der Waals surface area (Å²) in [5.41, 5.74) is 0.934. The van der Waals surface area contributed by atoms with Crippen molar-refractivity contribution < 1.29 is 28.7 Å². The highest BCUT2D eigenvalue weighted by Gasteiger charge is 2.32. The molecule has 0 aliphatic carbocycles. The molecule has 0 aromatic heterocycles. The number of ether oxygens (including phenoxy) is 2. The molecule has 0 atom stereocenters. The van der Waals surface area contributed by atoms with Crippen molar-refractivity contribution in [3.8, 4) is 0 Å². The van der Waals surface area contributed by atoms with E-state index >= 15 is 0 Å². The summed E-state index contributed by atoms with van der Waals surface area (Å²) in [5, 5.41) is 0. The van der Waals surface area contributed by atoms with Gasteiger partial charge in [-0.1, -0.05) is 43.5 Å². The largest absolute Gasteiger partial charge is 0.392 e. The molecule has 6 nitrogen and oxygen atoms in total. The van der Waals surface area contributed by atoms with Crippen LogP contribution in [0.4, 0.5) is 0 Å². The van der Waals surface area contributed by atoms with Gasteiger partial charge in [0.25, 0.3) is 0 Å². The number of rotatable bonds is 7. The van der Waals surface area contributed by atoms with Crippen molar-refractivity contribution in [2.24, 2.45) is 0 Å². The van der Waals surface area contributed by atoms with Crippen molar-refractivity contribution in [3.05, 3.63) is 71.9 Å². The average Bonchev–Trinajstić information content (AvgIpc) is 2.81. The fourth-order valence-electron chi connectivity index (χ4n) is 1.83. The molecule has 1 heterocycles. The number of hydrogen-bond acceptors (Lipinski definition) is 6. The maximum absolute atomic E-state index is 11.7. The van der Waals surface area contributed by atoms with Crippen LogP contribution in [0.1, 0.15) is 13.3 Å². The van der Waals surface area contributed by atoms with Gasteiger partial charge in [-0.2, -0.15) is 0 Å². The van der Waals surface area contributed by atoms with E-state index in [0.717, 1.165) is 0 Å². The summed E-state index contributed by atoms with van der Waals surface area (Å²) >= 11 is 0. The lowest BCUT2D eigenvalue weighted by molar-refractivity contribution is -0.150. The predicted octanol–water partition coefficient (Wildman–Crippen LogP) is 2.26. The van der Waals surface area contributed by atoms with Gasteiger partial charge in [0, 0.05) is 0 Å². The van der Waals surface area contributed by atoms with E-state index in [1.807, 2.05) is 0 Å². The first-order valence-corrected chi connectivity index (χ1v) is 6.90. The standard InChI is InChI=1S/C18H16O6/c1-4-8-14-15(18(22)24-17(14)21)10-7-6-9-13(12(3)5-2)16(20)23-11-19/h4-6,8-11H,1-2,7H2,3H3/b9-6-,13-12+,14-8+,15-10+. The molecule has 1 aliphatic rings. The van der Waals surface area contributed by atoms with E-state index in [2.05, 4.69) is 22.6 Å². The minimum absolute atomic E-state index is 0.0427. The van der Waals surface area contributed by atoms with Crippen LogP contribution in [0.25, 0.3) is 0 Å². The zero-order valence-electron chi connectivity index (χ0n) is 13.1. The fourth-order valence-corrected chi connectivity index (χ4v) is 1.83. The summed E-state index contributed by atoms with van der Waals surface area (Å²) in [6, 6.07) is 0. The Hall–Kier alpha value is -3.28. The number of cyclic esters (lactones) is 2. The van der Waals surface area contributed by atoms with Gasteiger partial charge in [0.2, 0.25) is 0 Å². The molecule has 1 saturated heterocycles. The topological polar surface area (TPSA) is 86.7 Å². The Morgan fingerprint density at radius 3 is 2.46 bits per heavy atom. The van der Waals surface area contributed by atoms with Gasteiger partial charge in [0.05, 0.1) is 16.7 Å². The normalized spacial score (nSPS) is 18.5. The molecule has 0 spiro atoms. The van der Waals surface area contributed by atoms with Crippen molar-refractivity contribution in [2.75, 3.05) is 0 Å². The minimum atomic E-state index is -0.811. The van der Waals surface area contributed by atoms with Gasteiger partial charge < -0.3 is 9.47 Å². The highest BCUT2D eigenvalue weighted by molar-refractivity contribution is 6.18. The van der Waals surface area contributed by atoms with E-state index < -0.39 is 17.9 Å². The maximum Gasteiger partial charge on any atom is 0.346 e. The van der Waals surface area contributed by atoms with Crippen LogP contribution in [0, 0.1) is 0 Å². The van der Waals surface area contributed by atoms with E-state index in [0.29, 0.717) is 5.57 Å². The highest BCUT2D eigenvalue weighted by Crippen LogP contribution is 2.22. The molecule has 124 valence electrons. The van der Waals surface area contributed by atoms with Crippen molar-refractivity contribution >= 4 is 24.4 Å². The molecule has 0 aromatic carbocycles. The van der Waals surface area contributed by atoms with Gasteiger partial charge in [-0.3, -0.25) is 4.79 Å². The molecule has 0 saturated carbocycles. The van der Waals surface area contributed by atoms with E-state index in [1.54, 1.807) is 13.0 Å². The van der Waals surface area contributed by atoms with Crippen LogP contribution >= 0.6 is 0 Å². The molecule has 1 fully saturated rings. The van der Waals surface area contributed by atoms with E-state index in [1.165, 1.54) is 30.4 Å². The molecular formula is C18H16O6. The quantitative estimate of drug-likeness (QED) is 0.234. The summed E-state index contributed by atoms with van der Waals surface area (Å²) in [6.07, 6.45) is 8.96. The van der Waals surface area contributed by atoms with Gasteiger partial charge in [-0.15, -0.1) is 0 Å². The zero-order chi connectivity index (χ0) is 18.1. The van der Waals surface area contributed by atoms with Gasteiger partial charge in [0.15, 0.2) is 0 Å². The van der Waals surface area contributed by atoms with Crippen LogP contribution in [-0.4, -0.2) is 24.4 Å². The first-order valence-electron chi connectivity index (χ1n) is 6.90. The first kappa shape index (κ1) is 18.8. The predicted molar refractivity (Wildman–Crippen MR) is 86.3 cm³/mol. The van der Waals surface area contributed by atoms with Crippen LogP contribution in [0.15, 0.2) is 71.9 Å². The van der Waals surface area contributed by atoms with Gasteiger partial charge in [-0.25, -0.2) is 14.4 Å². The molecular weight excluding hydrogens is 312 g/mol. The molecule has 1 aliphatic heterocycles. The average molecular weight is 328 g/mol. The van der Waals surface area contributed by atoms with Gasteiger partial charge in [-0.05, 0) is 25.0 Å². The van der Waals surface area contributed by atoms with Gasteiger partial charge >= 0.3 is 24.4 Å². The Morgan fingerprint density at radius 2 is 1.88 bits per heavy atom. The summed E-state index contributed by atoms with van der Waals surface area (Å²) in [6.45, 7) is 8.70. The van der Waals surface area contributed by atoms with Crippen LogP contribution in [0.5, 0.6) is 0 Å². The Labute approximate surface area is 139 Å². The molecule has 0 amide bonds. The van der Waals surface area contributed by atoms with Crippen LogP contribution in [0.2, 0.25) is 0 Å². The molecule has 0 radical (unpaired) electrons. The second kappa shape index (κ2) is 8.99. The monoisotopic (exact) mass is 328 g/mol. The lowest BCUT2D eigenvalue weighted by Gasteiger charge is -2.01. The number of carbonyl (C=O) groups is 4. The lowest BCUT2D eigenvalue weighted by Crippen LogP contribution is -2.06. The molecule has 24 heavy (non-hydrogen) atoms. The van der Waals surface area contributed by atoms with Crippen molar-refractivity contribution in [1.29, 1.82) is 0 Å². The third kappa shape index (κ3) is 4.61. The Morgan fingerprint density at radius 1 is 1.21 bits per heavy atom. The van der Waals surface area contributed by atoms with E-state index in [9.17, 15) is 19.2 Å². The number of hydrogen-bond donors (Lipinski definition) is 0. The second-order valence-corrected chi connectivity index (χ2v) is 4.55. The van der Waals surface area contributed by atoms with E-state index in [-0.39, 0.29) is 29.6 Å². The van der Waals surface area contributed by atoms with E-state index in [4.69, 9.17) is 0 Å². The summed E-state index contributed by atoms with van der Waals surface area (Å²) in [7, 11) is 0. The van der Waals surface area contributed by atoms with Crippen LogP contribution < -0.4 is 0 Å². The lowest BCUT2D eigenvalue weighted by atomic mass is 10.1. The van der Waals surface area contributed by atoms with Crippen molar-refractivity contribution in [2.45, 2.75) is 13.3 Å². The van der Waals surface area contributed by atoms with Crippen molar-refractivity contribution in [1.82, 2.24) is 0 Å².